The quantitative estimate of drug-likeness (QED) is 0.864. The van der Waals surface area contributed by atoms with Crippen molar-refractivity contribution in [1.82, 2.24) is 0 Å². The molecular formula is C15H17FN2O2S. The van der Waals surface area contributed by atoms with E-state index in [1.54, 1.807) is 24.3 Å². The number of hydrogen-bond donors (Lipinski definition) is 1. The zero-order chi connectivity index (χ0) is 15.5. The minimum absolute atomic E-state index is 0.0841. The minimum Gasteiger partial charge on any atom is -0.397 e. The number of anilines is 2. The molecule has 112 valence electrons. The van der Waals surface area contributed by atoms with E-state index in [0.717, 1.165) is 6.07 Å². The van der Waals surface area contributed by atoms with Gasteiger partial charge >= 0.3 is 0 Å². The van der Waals surface area contributed by atoms with Crippen LogP contribution in [0.1, 0.15) is 13.3 Å². The molecule has 0 saturated heterocycles. The molecule has 0 aliphatic rings. The summed E-state index contributed by atoms with van der Waals surface area (Å²) in [5, 5.41) is 0. The Labute approximate surface area is 124 Å². The lowest BCUT2D eigenvalue weighted by atomic mass is 10.2. The van der Waals surface area contributed by atoms with Crippen molar-refractivity contribution in [2.24, 2.45) is 0 Å². The number of nitrogens with zero attached hydrogens (tertiary/aromatic N) is 1. The summed E-state index contributed by atoms with van der Waals surface area (Å²) >= 11 is 0. The van der Waals surface area contributed by atoms with Gasteiger partial charge in [0.1, 0.15) is 5.82 Å². The number of benzene rings is 2. The molecule has 0 atom stereocenters. The number of halogens is 1. The van der Waals surface area contributed by atoms with Crippen molar-refractivity contribution in [3.05, 3.63) is 54.3 Å². The molecule has 2 N–H and O–H groups in total. The van der Waals surface area contributed by atoms with Crippen molar-refractivity contribution in [3.8, 4) is 0 Å². The first-order valence-electron chi connectivity index (χ1n) is 6.59. The molecule has 0 bridgehead atoms. The first-order valence-corrected chi connectivity index (χ1v) is 8.03. The average molecular weight is 308 g/mol. The smallest absolute Gasteiger partial charge is 0.264 e. The Morgan fingerprint density at radius 1 is 1.14 bits per heavy atom. The van der Waals surface area contributed by atoms with Gasteiger partial charge < -0.3 is 5.73 Å². The predicted octanol–water partition coefficient (Wildman–Crippen LogP) is 3.01. The third kappa shape index (κ3) is 3.16. The van der Waals surface area contributed by atoms with Gasteiger partial charge in [-0.25, -0.2) is 12.8 Å². The van der Waals surface area contributed by atoms with Crippen LogP contribution in [0.4, 0.5) is 15.8 Å². The molecule has 2 aromatic carbocycles. The van der Waals surface area contributed by atoms with Crippen LogP contribution >= 0.6 is 0 Å². The van der Waals surface area contributed by atoms with Crippen molar-refractivity contribution >= 4 is 21.4 Å². The molecule has 0 radical (unpaired) electrons. The molecule has 0 amide bonds. The van der Waals surface area contributed by atoms with Crippen molar-refractivity contribution in [2.75, 3.05) is 16.6 Å². The molecule has 0 aromatic heterocycles. The molecule has 2 aromatic rings. The summed E-state index contributed by atoms with van der Waals surface area (Å²) in [6.45, 7) is 2.14. The van der Waals surface area contributed by atoms with Gasteiger partial charge in [0, 0.05) is 6.54 Å². The molecule has 0 heterocycles. The van der Waals surface area contributed by atoms with E-state index < -0.39 is 15.8 Å². The molecule has 6 heteroatoms. The fourth-order valence-electron chi connectivity index (χ4n) is 2.04. The van der Waals surface area contributed by atoms with E-state index in [2.05, 4.69) is 0 Å². The van der Waals surface area contributed by atoms with Crippen LogP contribution in [-0.4, -0.2) is 15.0 Å². The molecule has 0 unspecified atom stereocenters. The zero-order valence-electron chi connectivity index (χ0n) is 11.7. The molecular weight excluding hydrogens is 291 g/mol. The fourth-order valence-corrected chi connectivity index (χ4v) is 3.66. The van der Waals surface area contributed by atoms with Crippen LogP contribution in [0, 0.1) is 5.82 Å². The molecule has 21 heavy (non-hydrogen) atoms. The van der Waals surface area contributed by atoms with Gasteiger partial charge in [0.15, 0.2) is 0 Å². The van der Waals surface area contributed by atoms with Gasteiger partial charge in [-0.15, -0.1) is 0 Å². The fraction of sp³-hybridized carbons (Fsp3) is 0.200. The van der Waals surface area contributed by atoms with Crippen LogP contribution in [0.5, 0.6) is 0 Å². The second-order valence-corrected chi connectivity index (χ2v) is 6.46. The summed E-state index contributed by atoms with van der Waals surface area (Å²) in [6, 6.07) is 11.7. The van der Waals surface area contributed by atoms with Gasteiger partial charge in [-0.05, 0) is 36.8 Å². The van der Waals surface area contributed by atoms with Crippen molar-refractivity contribution in [2.45, 2.75) is 18.2 Å². The maximum atomic E-state index is 13.3. The van der Waals surface area contributed by atoms with Gasteiger partial charge in [-0.1, -0.05) is 25.1 Å². The van der Waals surface area contributed by atoms with E-state index in [1.165, 1.54) is 22.5 Å². The Morgan fingerprint density at radius 3 is 2.48 bits per heavy atom. The van der Waals surface area contributed by atoms with Crippen molar-refractivity contribution in [1.29, 1.82) is 0 Å². The second-order valence-electron chi connectivity index (χ2n) is 4.59. The van der Waals surface area contributed by atoms with Gasteiger partial charge in [0.2, 0.25) is 0 Å². The maximum Gasteiger partial charge on any atom is 0.264 e. The number of rotatable bonds is 5. The standard InChI is InChI=1S/C15H17FN2O2S/c1-2-10-18(15-9-4-3-8-14(15)17)21(19,20)13-7-5-6-12(16)11-13/h3-9,11H,2,10,17H2,1H3. The zero-order valence-corrected chi connectivity index (χ0v) is 12.5. The highest BCUT2D eigenvalue weighted by Crippen LogP contribution is 2.29. The monoisotopic (exact) mass is 308 g/mol. The third-order valence-corrected chi connectivity index (χ3v) is 4.83. The second kappa shape index (κ2) is 6.13. The largest absolute Gasteiger partial charge is 0.397 e. The Hall–Kier alpha value is -2.08. The molecule has 4 nitrogen and oxygen atoms in total. The molecule has 2 rings (SSSR count). The van der Waals surface area contributed by atoms with Crippen molar-refractivity contribution in [3.63, 3.8) is 0 Å². The number of sulfonamides is 1. The first-order chi connectivity index (χ1) is 9.96. The number of nitrogens with two attached hydrogens (primary N) is 1. The highest BCUT2D eigenvalue weighted by Gasteiger charge is 2.25. The molecule has 0 spiro atoms. The summed E-state index contributed by atoms with van der Waals surface area (Å²) in [5.74, 6) is -0.589. The third-order valence-electron chi connectivity index (χ3n) is 3.02. The topological polar surface area (TPSA) is 63.4 Å². The van der Waals surface area contributed by atoms with Crippen molar-refractivity contribution < 1.29 is 12.8 Å². The van der Waals surface area contributed by atoms with Gasteiger partial charge in [-0.2, -0.15) is 0 Å². The van der Waals surface area contributed by atoms with E-state index in [9.17, 15) is 12.8 Å². The van der Waals surface area contributed by atoms with Crippen LogP contribution < -0.4 is 10.0 Å². The maximum absolute atomic E-state index is 13.3. The number of para-hydroxylation sites is 2. The van der Waals surface area contributed by atoms with Crippen LogP contribution in [0.3, 0.4) is 0 Å². The highest BCUT2D eigenvalue weighted by molar-refractivity contribution is 7.92. The number of nitrogen functional groups attached to an aromatic ring is 1. The lowest BCUT2D eigenvalue weighted by molar-refractivity contribution is 0.585. The molecule has 0 saturated carbocycles. The van der Waals surface area contributed by atoms with E-state index >= 15 is 0 Å². The summed E-state index contributed by atoms with van der Waals surface area (Å²) in [6.07, 6.45) is 0.614. The molecule has 0 aliphatic heterocycles. The SMILES string of the molecule is CCCN(c1ccccc1N)S(=O)(=O)c1cccc(F)c1. The Balaban J connectivity index is 2.54. The van der Waals surface area contributed by atoms with Crippen LogP contribution in [0.15, 0.2) is 53.4 Å². The lowest BCUT2D eigenvalue weighted by Gasteiger charge is -2.25. The Morgan fingerprint density at radius 2 is 1.86 bits per heavy atom. The number of hydrogen-bond acceptors (Lipinski definition) is 3. The molecule has 0 fully saturated rings. The average Bonchev–Trinajstić information content (AvgIpc) is 2.45. The summed E-state index contributed by atoms with van der Waals surface area (Å²) < 4.78 is 40.0. The summed E-state index contributed by atoms with van der Waals surface area (Å²) in [4.78, 5) is -0.0841. The Kier molecular flexibility index (Phi) is 4.47. The minimum atomic E-state index is -3.85. The molecule has 0 aliphatic carbocycles. The highest BCUT2D eigenvalue weighted by atomic mass is 32.2. The first kappa shape index (κ1) is 15.3. The van der Waals surface area contributed by atoms with E-state index in [1.807, 2.05) is 6.92 Å². The van der Waals surface area contributed by atoms with Gasteiger partial charge in [-0.3, -0.25) is 4.31 Å². The summed E-state index contributed by atoms with van der Waals surface area (Å²) in [5.41, 5.74) is 6.65. The van der Waals surface area contributed by atoms with Gasteiger partial charge in [0.25, 0.3) is 10.0 Å². The summed E-state index contributed by atoms with van der Waals surface area (Å²) in [7, 11) is -3.85. The van der Waals surface area contributed by atoms with E-state index in [0.29, 0.717) is 17.8 Å². The van der Waals surface area contributed by atoms with Crippen LogP contribution in [-0.2, 0) is 10.0 Å². The predicted molar refractivity (Wildman–Crippen MR) is 82.1 cm³/mol. The van der Waals surface area contributed by atoms with E-state index in [-0.39, 0.29) is 11.4 Å². The van der Waals surface area contributed by atoms with Crippen LogP contribution in [0.2, 0.25) is 0 Å². The van der Waals surface area contributed by atoms with Crippen LogP contribution in [0.25, 0.3) is 0 Å². The lowest BCUT2D eigenvalue weighted by Crippen LogP contribution is -2.32. The van der Waals surface area contributed by atoms with Gasteiger partial charge in [0.05, 0.1) is 16.3 Å². The Bertz CT molecular complexity index is 732. The van der Waals surface area contributed by atoms with E-state index in [4.69, 9.17) is 5.73 Å². The normalized spacial score (nSPS) is 11.3.